The van der Waals surface area contributed by atoms with Crippen LogP contribution in [-0.4, -0.2) is 22.1 Å². The number of carbonyl (C=O) groups excluding carboxylic acids is 1. The van der Waals surface area contributed by atoms with Crippen LogP contribution in [0.25, 0.3) is 0 Å². The van der Waals surface area contributed by atoms with Crippen LogP contribution in [0.2, 0.25) is 0 Å². The minimum atomic E-state index is -1.45. The molecule has 22 heavy (non-hydrogen) atoms. The maximum absolute atomic E-state index is 12.3. The second-order valence-electron chi connectivity index (χ2n) is 5.03. The number of fused-ring (bicyclic) bond motifs is 1. The van der Waals surface area contributed by atoms with E-state index in [1.54, 1.807) is 36.4 Å². The molecule has 1 aliphatic heterocycles. The van der Waals surface area contributed by atoms with Crippen molar-refractivity contribution in [2.24, 2.45) is 0 Å². The molecule has 0 saturated heterocycles. The zero-order valence-electron chi connectivity index (χ0n) is 11.9. The lowest BCUT2D eigenvalue weighted by molar-refractivity contribution is 0.101. The molecule has 2 N–H and O–H groups in total. The highest BCUT2D eigenvalue weighted by atomic mass is 32.2. The Morgan fingerprint density at radius 2 is 2.00 bits per heavy atom. The van der Waals surface area contributed by atoms with E-state index < -0.39 is 18.1 Å². The van der Waals surface area contributed by atoms with Gasteiger partial charge in [0.15, 0.2) is 5.78 Å². The van der Waals surface area contributed by atoms with Gasteiger partial charge in [0.1, 0.15) is 11.0 Å². The van der Waals surface area contributed by atoms with Crippen molar-refractivity contribution < 1.29 is 18.7 Å². The van der Waals surface area contributed by atoms with Crippen LogP contribution in [0.15, 0.2) is 47.4 Å². The van der Waals surface area contributed by atoms with Crippen LogP contribution in [0.3, 0.4) is 0 Å². The molecule has 5 nitrogen and oxygen atoms in total. The normalized spacial score (nSPS) is 14.5. The second-order valence-corrected chi connectivity index (χ2v) is 6.24. The first-order valence-electron chi connectivity index (χ1n) is 6.76. The average molecular weight is 315 g/mol. The third-order valence-corrected chi connectivity index (χ3v) is 4.62. The molecule has 0 radical (unpaired) electrons. The number of benzene rings is 2. The van der Waals surface area contributed by atoms with Crippen molar-refractivity contribution in [3.05, 3.63) is 53.6 Å². The van der Waals surface area contributed by atoms with Crippen molar-refractivity contribution in [2.75, 3.05) is 4.72 Å². The molecule has 2 aromatic carbocycles. The number of ketones is 1. The first-order chi connectivity index (χ1) is 10.5. The fraction of sp³-hybridized carbons (Fsp3) is 0.133. The summed E-state index contributed by atoms with van der Waals surface area (Å²) in [6.07, 6.45) is 0. The van der Waals surface area contributed by atoms with Gasteiger partial charge in [-0.25, -0.2) is 4.21 Å². The summed E-state index contributed by atoms with van der Waals surface area (Å²) in [4.78, 5) is 11.8. The van der Waals surface area contributed by atoms with E-state index in [9.17, 15) is 14.0 Å². The van der Waals surface area contributed by atoms with Gasteiger partial charge in [-0.2, -0.15) is 0 Å². The summed E-state index contributed by atoms with van der Waals surface area (Å²) in [6.45, 7) is 1.87. The van der Waals surface area contributed by atoms with Crippen LogP contribution in [0.1, 0.15) is 22.8 Å². The maximum Gasteiger partial charge on any atom is 0.491 e. The minimum absolute atomic E-state index is 0.0297. The van der Waals surface area contributed by atoms with Crippen molar-refractivity contribution in [2.45, 2.75) is 18.4 Å². The third kappa shape index (κ3) is 2.97. The molecule has 0 fully saturated rings. The van der Waals surface area contributed by atoms with Crippen LogP contribution >= 0.6 is 0 Å². The Balaban J connectivity index is 1.77. The fourth-order valence-electron chi connectivity index (χ4n) is 2.26. The summed E-state index contributed by atoms with van der Waals surface area (Å²) in [5.41, 5.74) is 2.83. The van der Waals surface area contributed by atoms with Gasteiger partial charge >= 0.3 is 7.12 Å². The first-order valence-corrected chi connectivity index (χ1v) is 7.91. The highest BCUT2D eigenvalue weighted by Crippen LogP contribution is 2.17. The first kappa shape index (κ1) is 15.0. The van der Waals surface area contributed by atoms with Gasteiger partial charge in [0.05, 0.1) is 11.5 Å². The lowest BCUT2D eigenvalue weighted by Crippen LogP contribution is -2.28. The third-order valence-electron chi connectivity index (χ3n) is 3.49. The number of rotatable bonds is 4. The summed E-state index contributed by atoms with van der Waals surface area (Å²) in [5.74, 6) is -0.0297. The molecule has 3 rings (SSSR count). The van der Waals surface area contributed by atoms with E-state index in [1.807, 2.05) is 6.07 Å². The van der Waals surface area contributed by atoms with Gasteiger partial charge in [-0.05, 0) is 42.2 Å². The number of anilines is 1. The number of nitrogens with one attached hydrogen (secondary N) is 1. The smallest absolute Gasteiger partial charge is 0.423 e. The number of carbonyl (C=O) groups is 1. The van der Waals surface area contributed by atoms with E-state index in [4.69, 9.17) is 4.65 Å². The van der Waals surface area contributed by atoms with Crippen LogP contribution in [0, 0.1) is 0 Å². The SMILES string of the molecule is CC(=O)c1ccc(S(=O)Nc2ccc3c(c2)B(O)OC3)cc1. The van der Waals surface area contributed by atoms with Gasteiger partial charge in [0.2, 0.25) is 0 Å². The van der Waals surface area contributed by atoms with E-state index in [-0.39, 0.29) is 5.78 Å². The van der Waals surface area contributed by atoms with Crippen LogP contribution < -0.4 is 10.2 Å². The lowest BCUT2D eigenvalue weighted by Gasteiger charge is -2.08. The summed E-state index contributed by atoms with van der Waals surface area (Å²) < 4.78 is 20.3. The van der Waals surface area contributed by atoms with Crippen molar-refractivity contribution in [1.29, 1.82) is 0 Å². The topological polar surface area (TPSA) is 75.6 Å². The zero-order valence-corrected chi connectivity index (χ0v) is 12.7. The molecular formula is C15H14BNO4S. The summed E-state index contributed by atoms with van der Waals surface area (Å²) in [6, 6.07) is 12.0. The highest BCUT2D eigenvalue weighted by Gasteiger charge is 2.27. The van der Waals surface area contributed by atoms with Crippen LogP contribution in [0.5, 0.6) is 0 Å². The van der Waals surface area contributed by atoms with E-state index in [1.165, 1.54) is 6.92 Å². The van der Waals surface area contributed by atoms with Gasteiger partial charge in [0.25, 0.3) is 0 Å². The molecule has 0 aromatic heterocycles. The summed E-state index contributed by atoms with van der Waals surface area (Å²) in [5, 5.41) is 9.68. The van der Waals surface area contributed by atoms with Gasteiger partial charge in [-0.15, -0.1) is 0 Å². The lowest BCUT2D eigenvalue weighted by atomic mass is 9.79. The molecule has 7 heteroatoms. The van der Waals surface area contributed by atoms with Gasteiger partial charge in [-0.1, -0.05) is 18.2 Å². The molecule has 0 saturated carbocycles. The average Bonchev–Trinajstić information content (AvgIpc) is 2.88. The number of Topliss-reactive ketones (excluding diaryl/α,β-unsaturated/α-hetero) is 1. The fourth-order valence-corrected chi connectivity index (χ4v) is 3.10. The minimum Gasteiger partial charge on any atom is -0.423 e. The Morgan fingerprint density at radius 3 is 2.68 bits per heavy atom. The standard InChI is InChI=1S/C15H14BNO4S/c1-10(18)11-3-6-14(7-4-11)22(20)17-13-5-2-12-9-21-16(19)15(12)8-13/h2-8,17,19H,9H2,1H3. The molecule has 112 valence electrons. The maximum atomic E-state index is 12.3. The molecule has 2 aromatic rings. The molecule has 1 aliphatic rings. The van der Waals surface area contributed by atoms with E-state index in [0.717, 1.165) is 5.56 Å². The molecule has 0 spiro atoms. The number of hydrogen-bond acceptors (Lipinski definition) is 4. The van der Waals surface area contributed by atoms with Gasteiger partial charge in [0, 0.05) is 11.3 Å². The molecule has 1 heterocycles. The Labute approximate surface area is 131 Å². The second kappa shape index (κ2) is 6.04. The Kier molecular flexibility index (Phi) is 4.11. The molecular weight excluding hydrogens is 301 g/mol. The largest absolute Gasteiger partial charge is 0.491 e. The molecule has 0 amide bonds. The van der Waals surface area contributed by atoms with Gasteiger partial charge in [-0.3, -0.25) is 4.79 Å². The number of hydrogen-bond donors (Lipinski definition) is 2. The van der Waals surface area contributed by atoms with E-state index in [2.05, 4.69) is 4.72 Å². The summed E-state index contributed by atoms with van der Waals surface area (Å²) >= 11 is 0. The predicted molar refractivity (Wildman–Crippen MR) is 85.3 cm³/mol. The van der Waals surface area contributed by atoms with Crippen LogP contribution in [-0.2, 0) is 22.2 Å². The van der Waals surface area contributed by atoms with Crippen molar-refractivity contribution in [3.63, 3.8) is 0 Å². The van der Waals surface area contributed by atoms with E-state index in [0.29, 0.717) is 28.2 Å². The Hall–Kier alpha value is -1.96. The monoisotopic (exact) mass is 315 g/mol. The highest BCUT2D eigenvalue weighted by molar-refractivity contribution is 7.86. The quantitative estimate of drug-likeness (QED) is 0.657. The molecule has 1 atom stereocenters. The zero-order chi connectivity index (χ0) is 15.7. The molecule has 0 bridgehead atoms. The van der Waals surface area contributed by atoms with Crippen molar-refractivity contribution >= 4 is 35.0 Å². The summed E-state index contributed by atoms with van der Waals surface area (Å²) in [7, 11) is -2.38. The van der Waals surface area contributed by atoms with E-state index >= 15 is 0 Å². The molecule has 0 aliphatic carbocycles. The predicted octanol–water partition coefficient (Wildman–Crippen LogP) is 1.24. The van der Waals surface area contributed by atoms with Crippen molar-refractivity contribution in [3.8, 4) is 0 Å². The Morgan fingerprint density at radius 1 is 1.27 bits per heavy atom. The molecule has 1 unspecified atom stereocenters. The van der Waals surface area contributed by atoms with Crippen LogP contribution in [0.4, 0.5) is 5.69 Å². The van der Waals surface area contributed by atoms with Gasteiger partial charge < -0.3 is 14.4 Å². The van der Waals surface area contributed by atoms with Crippen molar-refractivity contribution in [1.82, 2.24) is 0 Å². The Bertz CT molecular complexity index is 748.